The third-order valence-corrected chi connectivity index (χ3v) is 5.10. The molecule has 2 aromatic heterocycles. The number of hydrogen-bond donors (Lipinski definition) is 0. The molecular formula is C18H17N5O2S. The molecule has 0 aliphatic carbocycles. The molecule has 0 unspecified atom stereocenters. The van der Waals surface area contributed by atoms with Crippen molar-refractivity contribution in [1.82, 2.24) is 19.9 Å². The van der Waals surface area contributed by atoms with Crippen molar-refractivity contribution in [3.8, 4) is 5.69 Å². The molecule has 2 amide bonds. The Labute approximate surface area is 154 Å². The summed E-state index contributed by atoms with van der Waals surface area (Å²) in [5, 5.41) is 11.4. The molecule has 3 heterocycles. The van der Waals surface area contributed by atoms with E-state index in [0.717, 1.165) is 10.7 Å². The molecule has 3 aromatic rings. The van der Waals surface area contributed by atoms with Crippen LogP contribution in [0.25, 0.3) is 5.69 Å². The number of piperazine rings is 1. The monoisotopic (exact) mass is 367 g/mol. The first-order chi connectivity index (χ1) is 12.7. The number of anilines is 1. The summed E-state index contributed by atoms with van der Waals surface area (Å²) < 4.78 is 0. The first-order valence-corrected chi connectivity index (χ1v) is 9.17. The minimum absolute atomic E-state index is 0.0556. The van der Waals surface area contributed by atoms with Gasteiger partial charge in [0.1, 0.15) is 6.54 Å². The van der Waals surface area contributed by atoms with Crippen molar-refractivity contribution in [1.29, 1.82) is 0 Å². The van der Waals surface area contributed by atoms with Gasteiger partial charge in [0, 0.05) is 13.1 Å². The lowest BCUT2D eigenvalue weighted by atomic mass is 10.2. The third-order valence-electron chi connectivity index (χ3n) is 4.20. The molecule has 0 spiro atoms. The van der Waals surface area contributed by atoms with E-state index >= 15 is 0 Å². The number of carbonyl (C=O) groups excluding carboxylic acids is 2. The second-order valence-electron chi connectivity index (χ2n) is 5.95. The summed E-state index contributed by atoms with van der Waals surface area (Å²) >= 11 is 1.53. The van der Waals surface area contributed by atoms with Crippen LogP contribution >= 0.6 is 11.3 Å². The summed E-state index contributed by atoms with van der Waals surface area (Å²) in [7, 11) is 0. The zero-order valence-corrected chi connectivity index (χ0v) is 14.8. The van der Waals surface area contributed by atoms with Crippen molar-refractivity contribution >= 4 is 28.2 Å². The summed E-state index contributed by atoms with van der Waals surface area (Å²) in [6.07, 6.45) is 1.73. The molecule has 1 aliphatic heterocycles. The van der Waals surface area contributed by atoms with Crippen LogP contribution in [0.4, 0.5) is 5.00 Å². The van der Waals surface area contributed by atoms with Crippen molar-refractivity contribution in [2.45, 2.75) is 6.42 Å². The van der Waals surface area contributed by atoms with E-state index in [0.29, 0.717) is 18.8 Å². The van der Waals surface area contributed by atoms with Crippen molar-refractivity contribution in [3.05, 3.63) is 59.7 Å². The second kappa shape index (κ2) is 7.09. The van der Waals surface area contributed by atoms with Gasteiger partial charge < -0.3 is 9.80 Å². The summed E-state index contributed by atoms with van der Waals surface area (Å²) in [6.45, 7) is 1.14. The molecule has 7 nitrogen and oxygen atoms in total. The van der Waals surface area contributed by atoms with Gasteiger partial charge in [-0.05, 0) is 29.6 Å². The Morgan fingerprint density at radius 3 is 2.69 bits per heavy atom. The molecule has 1 aliphatic rings. The molecule has 4 rings (SSSR count). The average molecular weight is 367 g/mol. The topological polar surface area (TPSA) is 71.3 Å². The van der Waals surface area contributed by atoms with Gasteiger partial charge >= 0.3 is 0 Å². The highest BCUT2D eigenvalue weighted by molar-refractivity contribution is 7.14. The Morgan fingerprint density at radius 1 is 1.12 bits per heavy atom. The largest absolute Gasteiger partial charge is 0.331 e. The van der Waals surface area contributed by atoms with Crippen molar-refractivity contribution < 1.29 is 9.59 Å². The minimum Gasteiger partial charge on any atom is -0.331 e. The maximum absolute atomic E-state index is 12.5. The second-order valence-corrected chi connectivity index (χ2v) is 6.88. The Bertz CT molecular complexity index is 907. The molecule has 0 bridgehead atoms. The highest BCUT2D eigenvalue weighted by Crippen LogP contribution is 2.23. The summed E-state index contributed by atoms with van der Waals surface area (Å²) in [4.78, 5) is 29.7. The van der Waals surface area contributed by atoms with Crippen molar-refractivity contribution in [2.75, 3.05) is 24.5 Å². The maximum atomic E-state index is 12.5. The SMILES string of the molecule is O=C(Cc1cnn(-c2ccccc2)n1)N1CCN(c2cccs2)C(=O)C1. The van der Waals surface area contributed by atoms with Crippen LogP contribution in [0.3, 0.4) is 0 Å². The number of nitrogens with zero attached hydrogens (tertiary/aromatic N) is 5. The van der Waals surface area contributed by atoms with Crippen LogP contribution in [0.2, 0.25) is 0 Å². The first-order valence-electron chi connectivity index (χ1n) is 8.29. The lowest BCUT2D eigenvalue weighted by Crippen LogP contribution is -2.52. The Morgan fingerprint density at radius 2 is 1.96 bits per heavy atom. The smallest absolute Gasteiger partial charge is 0.247 e. The number of hydrogen-bond acceptors (Lipinski definition) is 5. The van der Waals surface area contributed by atoms with Gasteiger partial charge in [0.05, 0.1) is 29.0 Å². The van der Waals surface area contributed by atoms with Crippen LogP contribution in [0.5, 0.6) is 0 Å². The molecule has 132 valence electrons. The number of para-hydroxylation sites is 1. The van der Waals surface area contributed by atoms with E-state index in [4.69, 9.17) is 0 Å². The standard InChI is InChI=1S/C18H17N5O2S/c24-16(11-14-12-19-23(20-14)15-5-2-1-3-6-15)21-8-9-22(17(25)13-21)18-7-4-10-26-18/h1-7,10,12H,8-9,11,13H2. The van der Waals surface area contributed by atoms with Crippen molar-refractivity contribution in [2.24, 2.45) is 0 Å². The lowest BCUT2D eigenvalue weighted by molar-refractivity contribution is -0.136. The molecule has 8 heteroatoms. The number of rotatable bonds is 4. The van der Waals surface area contributed by atoms with E-state index in [-0.39, 0.29) is 24.8 Å². The maximum Gasteiger partial charge on any atom is 0.247 e. The highest BCUT2D eigenvalue weighted by atomic mass is 32.1. The van der Waals surface area contributed by atoms with Crippen LogP contribution < -0.4 is 4.90 Å². The zero-order chi connectivity index (χ0) is 17.9. The van der Waals surface area contributed by atoms with Gasteiger partial charge in [0.2, 0.25) is 11.8 Å². The summed E-state index contributed by atoms with van der Waals surface area (Å²) in [5.74, 6) is -0.163. The molecule has 0 N–H and O–H groups in total. The van der Waals surface area contributed by atoms with Gasteiger partial charge in [-0.1, -0.05) is 18.2 Å². The van der Waals surface area contributed by atoms with E-state index in [1.807, 2.05) is 47.8 Å². The third kappa shape index (κ3) is 3.36. The minimum atomic E-state index is -0.107. The quantitative estimate of drug-likeness (QED) is 0.704. The molecule has 1 saturated heterocycles. The predicted octanol–water partition coefficient (Wildman–Crippen LogP) is 1.75. The van der Waals surface area contributed by atoms with Crippen LogP contribution in [0.1, 0.15) is 5.69 Å². The molecule has 0 atom stereocenters. The number of amides is 2. The van der Waals surface area contributed by atoms with Gasteiger partial charge in [0.25, 0.3) is 0 Å². The zero-order valence-electron chi connectivity index (χ0n) is 14.0. The molecule has 1 aromatic carbocycles. The fraction of sp³-hybridized carbons (Fsp3) is 0.222. The summed E-state index contributed by atoms with van der Waals surface area (Å²) in [5.41, 5.74) is 1.43. The fourth-order valence-corrected chi connectivity index (χ4v) is 3.64. The molecule has 0 radical (unpaired) electrons. The van der Waals surface area contributed by atoms with E-state index in [1.54, 1.807) is 16.0 Å². The van der Waals surface area contributed by atoms with Gasteiger partial charge in [-0.25, -0.2) is 0 Å². The van der Waals surface area contributed by atoms with Crippen LogP contribution in [0, 0.1) is 0 Å². The van der Waals surface area contributed by atoms with Crippen LogP contribution in [-0.4, -0.2) is 51.3 Å². The fourth-order valence-electron chi connectivity index (χ4n) is 2.87. The number of thiophene rings is 1. The van der Waals surface area contributed by atoms with Gasteiger partial charge in [-0.2, -0.15) is 15.0 Å². The van der Waals surface area contributed by atoms with Gasteiger partial charge in [0.15, 0.2) is 0 Å². The Balaban J connectivity index is 1.39. The highest BCUT2D eigenvalue weighted by Gasteiger charge is 2.28. The number of carbonyl (C=O) groups is 2. The molecular weight excluding hydrogens is 350 g/mol. The number of benzene rings is 1. The molecule has 26 heavy (non-hydrogen) atoms. The van der Waals surface area contributed by atoms with Crippen molar-refractivity contribution in [3.63, 3.8) is 0 Å². The first kappa shape index (κ1) is 16.5. The van der Waals surface area contributed by atoms with E-state index < -0.39 is 0 Å². The summed E-state index contributed by atoms with van der Waals surface area (Å²) in [6, 6.07) is 13.4. The Kier molecular flexibility index (Phi) is 4.49. The van der Waals surface area contributed by atoms with Crippen LogP contribution in [0.15, 0.2) is 54.0 Å². The van der Waals surface area contributed by atoms with Gasteiger partial charge in [-0.3, -0.25) is 9.59 Å². The predicted molar refractivity (Wildman–Crippen MR) is 98.3 cm³/mol. The van der Waals surface area contributed by atoms with Gasteiger partial charge in [-0.15, -0.1) is 11.3 Å². The lowest BCUT2D eigenvalue weighted by Gasteiger charge is -2.33. The normalized spacial score (nSPS) is 14.7. The molecule has 1 fully saturated rings. The Hall–Kier alpha value is -3.00. The van der Waals surface area contributed by atoms with E-state index in [2.05, 4.69) is 10.2 Å². The molecule has 0 saturated carbocycles. The van der Waals surface area contributed by atoms with E-state index in [1.165, 1.54) is 16.1 Å². The average Bonchev–Trinajstić information content (AvgIpc) is 3.34. The van der Waals surface area contributed by atoms with Crippen LogP contribution in [-0.2, 0) is 16.0 Å². The van der Waals surface area contributed by atoms with E-state index in [9.17, 15) is 9.59 Å². The number of aromatic nitrogens is 3.